The summed E-state index contributed by atoms with van der Waals surface area (Å²) in [4.78, 5) is 2.86. The van der Waals surface area contributed by atoms with Gasteiger partial charge in [-0.25, -0.2) is 8.42 Å². The van der Waals surface area contributed by atoms with Crippen LogP contribution in [0, 0.1) is 0 Å². The summed E-state index contributed by atoms with van der Waals surface area (Å²) < 4.78 is 26.7. The number of hydrogen-bond acceptors (Lipinski definition) is 4. The van der Waals surface area contributed by atoms with Crippen LogP contribution >= 0.6 is 0 Å². The highest BCUT2D eigenvalue weighted by Gasteiger charge is 2.23. The molecule has 0 unspecified atom stereocenters. The van der Waals surface area contributed by atoms with Crippen molar-refractivity contribution in [1.82, 2.24) is 14.7 Å². The summed E-state index contributed by atoms with van der Waals surface area (Å²) in [6.07, 6.45) is 8.07. The molecule has 1 aromatic carbocycles. The maximum absolute atomic E-state index is 12.4. The van der Waals surface area contributed by atoms with Crippen molar-refractivity contribution >= 4 is 9.84 Å². The average molecular weight is 347 g/mol. The van der Waals surface area contributed by atoms with E-state index in [1.54, 1.807) is 30.5 Å². The van der Waals surface area contributed by atoms with Gasteiger partial charge in [0.05, 0.1) is 17.2 Å². The maximum atomic E-state index is 12.4. The molecule has 1 saturated heterocycles. The molecule has 1 aromatic heterocycles. The highest BCUT2D eigenvalue weighted by molar-refractivity contribution is 7.91. The van der Waals surface area contributed by atoms with E-state index in [0.29, 0.717) is 17.4 Å². The molecule has 5 nitrogen and oxygen atoms in total. The van der Waals surface area contributed by atoms with Gasteiger partial charge in [0.1, 0.15) is 0 Å². The molecule has 1 aliphatic rings. The Morgan fingerprint density at radius 1 is 1.12 bits per heavy atom. The predicted octanol–water partition coefficient (Wildman–Crippen LogP) is 2.60. The van der Waals surface area contributed by atoms with E-state index in [4.69, 9.17) is 0 Å². The first kappa shape index (κ1) is 17.2. The van der Waals surface area contributed by atoms with Crippen molar-refractivity contribution in [3.8, 4) is 0 Å². The first-order chi connectivity index (χ1) is 11.6. The van der Waals surface area contributed by atoms with Gasteiger partial charge in [0.15, 0.2) is 9.84 Å². The van der Waals surface area contributed by atoms with Crippen molar-refractivity contribution < 1.29 is 8.42 Å². The Kier molecular flexibility index (Phi) is 5.68. The molecule has 1 aliphatic heterocycles. The zero-order chi connectivity index (χ0) is 16.8. The minimum atomic E-state index is -3.17. The van der Waals surface area contributed by atoms with Gasteiger partial charge in [-0.15, -0.1) is 0 Å². The Morgan fingerprint density at radius 2 is 1.96 bits per heavy atom. The van der Waals surface area contributed by atoms with Crippen LogP contribution in [-0.2, 0) is 16.4 Å². The minimum absolute atomic E-state index is 0.210. The van der Waals surface area contributed by atoms with Crippen LogP contribution < -0.4 is 0 Å². The summed E-state index contributed by atoms with van der Waals surface area (Å²) in [7, 11) is -3.17. The molecule has 130 valence electrons. The molecule has 24 heavy (non-hydrogen) atoms. The summed E-state index contributed by atoms with van der Waals surface area (Å²) in [5, 5.41) is 4.30. The van der Waals surface area contributed by atoms with E-state index in [9.17, 15) is 8.42 Å². The fourth-order valence-corrected chi connectivity index (χ4v) is 4.71. The Labute approximate surface area is 144 Å². The van der Waals surface area contributed by atoms with Gasteiger partial charge in [0, 0.05) is 18.4 Å². The summed E-state index contributed by atoms with van der Waals surface area (Å²) in [5.41, 5.74) is 0. The molecular weight excluding hydrogens is 322 g/mol. The molecule has 1 atom stereocenters. The predicted molar refractivity (Wildman–Crippen MR) is 94.6 cm³/mol. The van der Waals surface area contributed by atoms with Crippen LogP contribution in [0.5, 0.6) is 0 Å². The Balaban J connectivity index is 1.54. The first-order valence-electron chi connectivity index (χ1n) is 8.64. The van der Waals surface area contributed by atoms with Crippen LogP contribution in [0.4, 0.5) is 0 Å². The lowest BCUT2D eigenvalue weighted by molar-refractivity contribution is 0.130. The Bertz CT molecular complexity index is 714. The lowest BCUT2D eigenvalue weighted by Crippen LogP contribution is -2.43. The number of hydrogen-bond donors (Lipinski definition) is 0. The summed E-state index contributed by atoms with van der Waals surface area (Å²) in [6.45, 7) is 2.77. The van der Waals surface area contributed by atoms with Crippen LogP contribution in [0.3, 0.4) is 0 Å². The topological polar surface area (TPSA) is 55.2 Å². The number of piperidine rings is 1. The molecule has 2 aromatic rings. The van der Waals surface area contributed by atoms with Gasteiger partial charge in [-0.2, -0.15) is 5.10 Å². The first-order valence-corrected chi connectivity index (χ1v) is 10.3. The van der Waals surface area contributed by atoms with Gasteiger partial charge in [-0.1, -0.05) is 24.6 Å². The molecule has 6 heteroatoms. The third kappa shape index (κ3) is 4.45. The van der Waals surface area contributed by atoms with Crippen molar-refractivity contribution in [3.05, 3.63) is 48.8 Å². The second-order valence-corrected chi connectivity index (χ2v) is 8.51. The summed E-state index contributed by atoms with van der Waals surface area (Å²) in [5.74, 6) is 0.210. The van der Waals surface area contributed by atoms with E-state index >= 15 is 0 Å². The molecule has 0 bridgehead atoms. The molecule has 2 heterocycles. The van der Waals surface area contributed by atoms with Crippen molar-refractivity contribution in [2.75, 3.05) is 18.8 Å². The van der Waals surface area contributed by atoms with Gasteiger partial charge < -0.3 is 0 Å². The Morgan fingerprint density at radius 3 is 2.71 bits per heavy atom. The van der Waals surface area contributed by atoms with E-state index in [1.165, 1.54) is 12.8 Å². The quantitative estimate of drug-likeness (QED) is 0.772. The van der Waals surface area contributed by atoms with E-state index in [2.05, 4.69) is 10.00 Å². The summed E-state index contributed by atoms with van der Waals surface area (Å²) >= 11 is 0. The molecule has 0 aliphatic carbocycles. The van der Waals surface area contributed by atoms with Gasteiger partial charge in [-0.3, -0.25) is 9.58 Å². The van der Waals surface area contributed by atoms with Crippen LogP contribution in [-0.4, -0.2) is 48.0 Å². The number of sulfone groups is 1. The fourth-order valence-electron chi connectivity index (χ4n) is 3.39. The van der Waals surface area contributed by atoms with E-state index in [-0.39, 0.29) is 5.75 Å². The van der Waals surface area contributed by atoms with E-state index in [1.807, 2.05) is 23.0 Å². The largest absolute Gasteiger partial charge is 0.299 e. The average Bonchev–Trinajstić information content (AvgIpc) is 3.10. The maximum Gasteiger partial charge on any atom is 0.178 e. The van der Waals surface area contributed by atoms with Gasteiger partial charge >= 0.3 is 0 Å². The number of benzene rings is 1. The molecule has 0 saturated carbocycles. The standard InChI is InChI=1S/C18H25N3O2S/c22-24(23,18-9-2-1-3-10-18)15-7-13-20-12-5-4-8-17(20)16-21-14-6-11-19-21/h1-3,6,9-11,14,17H,4-5,7-8,12-13,15-16H2/t17-/m0/s1. The SMILES string of the molecule is O=S(=O)(CCCN1CCCC[C@H]1Cn1cccn1)c1ccccc1. The third-order valence-corrected chi connectivity index (χ3v) is 6.48. The Hall–Kier alpha value is -1.66. The smallest absolute Gasteiger partial charge is 0.178 e. The molecule has 3 rings (SSSR count). The van der Waals surface area contributed by atoms with Crippen LogP contribution in [0.2, 0.25) is 0 Å². The monoisotopic (exact) mass is 347 g/mol. The van der Waals surface area contributed by atoms with Crippen LogP contribution in [0.15, 0.2) is 53.7 Å². The summed E-state index contributed by atoms with van der Waals surface area (Å²) in [6, 6.07) is 11.1. The van der Waals surface area contributed by atoms with Gasteiger partial charge in [0.25, 0.3) is 0 Å². The van der Waals surface area contributed by atoms with E-state index < -0.39 is 9.84 Å². The molecule has 0 amide bonds. The van der Waals surface area contributed by atoms with Gasteiger partial charge in [-0.05, 0) is 50.6 Å². The highest BCUT2D eigenvalue weighted by Crippen LogP contribution is 2.19. The zero-order valence-electron chi connectivity index (χ0n) is 13.9. The van der Waals surface area contributed by atoms with Crippen LogP contribution in [0.1, 0.15) is 25.7 Å². The number of aromatic nitrogens is 2. The lowest BCUT2D eigenvalue weighted by atomic mass is 10.0. The van der Waals surface area contributed by atoms with Gasteiger partial charge in [0.2, 0.25) is 0 Å². The fraction of sp³-hybridized carbons (Fsp3) is 0.500. The number of nitrogens with zero attached hydrogens (tertiary/aromatic N) is 3. The minimum Gasteiger partial charge on any atom is -0.299 e. The van der Waals surface area contributed by atoms with Crippen molar-refractivity contribution in [1.29, 1.82) is 0 Å². The second kappa shape index (κ2) is 7.94. The van der Waals surface area contributed by atoms with Crippen molar-refractivity contribution in [2.24, 2.45) is 0 Å². The zero-order valence-corrected chi connectivity index (χ0v) is 14.7. The van der Waals surface area contributed by atoms with Crippen molar-refractivity contribution in [2.45, 2.75) is 43.2 Å². The second-order valence-electron chi connectivity index (χ2n) is 6.40. The molecule has 0 N–H and O–H groups in total. The molecular formula is C18H25N3O2S. The normalized spacial score (nSPS) is 19.4. The lowest BCUT2D eigenvalue weighted by Gasteiger charge is -2.35. The van der Waals surface area contributed by atoms with Crippen LogP contribution in [0.25, 0.3) is 0 Å². The third-order valence-electron chi connectivity index (χ3n) is 4.67. The molecule has 0 spiro atoms. The molecule has 1 fully saturated rings. The van der Waals surface area contributed by atoms with Crippen molar-refractivity contribution in [3.63, 3.8) is 0 Å². The highest BCUT2D eigenvalue weighted by atomic mass is 32.2. The number of likely N-dealkylation sites (tertiary alicyclic amines) is 1. The molecule has 0 radical (unpaired) electrons. The van der Waals surface area contributed by atoms with E-state index in [0.717, 1.165) is 26.1 Å². The number of rotatable bonds is 7.